The summed E-state index contributed by atoms with van der Waals surface area (Å²) in [6.07, 6.45) is -7.46. The zero-order valence-corrected chi connectivity index (χ0v) is 41.2. The first-order valence-electron chi connectivity index (χ1n) is 24.1. The minimum absolute atomic E-state index is 0.0803. The molecular formula is C52H52N6O16. The smallest absolute Gasteiger partial charge is 0.333 e. The van der Waals surface area contributed by atoms with Crippen molar-refractivity contribution in [2.45, 2.75) is 94.7 Å². The van der Waals surface area contributed by atoms with Crippen molar-refractivity contribution in [1.29, 1.82) is 0 Å². The quantitative estimate of drug-likeness (QED) is 0.0756. The van der Waals surface area contributed by atoms with Crippen LogP contribution in [0.3, 0.4) is 0 Å². The Hall–Kier alpha value is -6.94. The molecule has 386 valence electrons. The van der Waals surface area contributed by atoms with E-state index in [1.165, 1.54) is 7.11 Å². The molecule has 22 nitrogen and oxygen atoms in total. The summed E-state index contributed by atoms with van der Waals surface area (Å²) in [6.45, 7) is 3.28. The van der Waals surface area contributed by atoms with Crippen molar-refractivity contribution < 1.29 is 68.4 Å². The van der Waals surface area contributed by atoms with Gasteiger partial charge in [-0.15, -0.1) is 0 Å². The van der Waals surface area contributed by atoms with Gasteiger partial charge in [0.05, 0.1) is 79.7 Å². The van der Waals surface area contributed by atoms with Gasteiger partial charge in [-0.1, -0.05) is 0 Å². The van der Waals surface area contributed by atoms with Crippen molar-refractivity contribution in [2.75, 3.05) is 41.9 Å². The zero-order chi connectivity index (χ0) is 53.3. The number of phenolic OH excluding ortho intramolecular Hbond substituents is 4. The Morgan fingerprint density at radius 3 is 1.30 bits per heavy atom. The highest BCUT2D eigenvalue weighted by atomic mass is 16.7. The summed E-state index contributed by atoms with van der Waals surface area (Å²) < 4.78 is 32.1. The number of ketones is 2. The van der Waals surface area contributed by atoms with Crippen LogP contribution in [0, 0.1) is 38.6 Å². The number of carbonyl (C=O) groups is 2. The Kier molecular flexibility index (Phi) is 12.6. The van der Waals surface area contributed by atoms with Crippen LogP contribution in [0.1, 0.15) is 83.6 Å². The molecule has 12 atom stereocenters. The van der Waals surface area contributed by atoms with E-state index < -0.39 is 194 Å². The van der Waals surface area contributed by atoms with E-state index in [-0.39, 0.29) is 42.7 Å². The van der Waals surface area contributed by atoms with E-state index in [4.69, 9.17) is 23.7 Å². The van der Waals surface area contributed by atoms with E-state index in [1.807, 2.05) is 38.0 Å². The molecule has 6 aliphatic carbocycles. The molecule has 0 amide bonds. The van der Waals surface area contributed by atoms with Crippen molar-refractivity contribution >= 4 is 33.1 Å². The van der Waals surface area contributed by atoms with Crippen molar-refractivity contribution in [1.82, 2.24) is 9.80 Å². The van der Waals surface area contributed by atoms with Crippen LogP contribution in [0.15, 0.2) is 43.4 Å². The Bertz CT molecular complexity index is 3660. The molecule has 2 unspecified atom stereocenters. The molecule has 22 heteroatoms. The molecule has 74 heavy (non-hydrogen) atoms. The van der Waals surface area contributed by atoms with E-state index in [1.54, 1.807) is 13.8 Å². The molecule has 2 fully saturated rings. The molecule has 0 spiro atoms. The first-order valence-corrected chi connectivity index (χ1v) is 24.1. The van der Waals surface area contributed by atoms with Gasteiger partial charge in [-0.25, -0.2) is 0 Å². The number of hydrogen-bond donors (Lipinski definition) is 5. The number of ether oxygens (including phenoxy) is 5. The Morgan fingerprint density at radius 1 is 0.581 bits per heavy atom. The fourth-order valence-corrected chi connectivity index (χ4v) is 13.0. The minimum Gasteiger partial charge on any atom is -0.507 e. The lowest BCUT2D eigenvalue weighted by Gasteiger charge is -2.45. The van der Waals surface area contributed by atoms with Crippen LogP contribution in [0.25, 0.3) is 32.6 Å². The topological polar surface area (TPSA) is 329 Å². The summed E-state index contributed by atoms with van der Waals surface area (Å²) in [7, 11) is 8.85. The van der Waals surface area contributed by atoms with Gasteiger partial charge in [0, 0.05) is 61.5 Å². The third-order valence-corrected chi connectivity index (χ3v) is 15.9. The van der Waals surface area contributed by atoms with E-state index in [0.717, 1.165) is 24.3 Å². The zero-order valence-electron chi connectivity index (χ0n) is 41.2. The highest BCUT2D eigenvalue weighted by molar-refractivity contribution is 6.09. The number of aromatic hydroxyl groups is 4. The number of benzene rings is 2. The first kappa shape index (κ1) is 50.6. The summed E-state index contributed by atoms with van der Waals surface area (Å²) in [5.41, 5.74) is 15.8. The second-order valence-corrected chi connectivity index (χ2v) is 20.3. The van der Waals surface area contributed by atoms with Crippen LogP contribution in [-0.4, -0.2) is 141 Å². The number of likely N-dealkylation sites (N-methyl/N-ethyl adjacent to an activating group) is 2. The van der Waals surface area contributed by atoms with E-state index >= 15 is 9.59 Å². The van der Waals surface area contributed by atoms with Gasteiger partial charge in [0.15, 0.2) is 35.0 Å². The lowest BCUT2D eigenvalue weighted by molar-refractivity contribution is -0.255. The predicted octanol–water partition coefficient (Wildman–Crippen LogP) is 0.692. The Morgan fingerprint density at radius 2 is 0.946 bits per heavy atom. The summed E-state index contributed by atoms with van der Waals surface area (Å²) in [4.78, 5) is 101. The number of carbonyl (C=O) groups excluding carboxylic acids is 2. The number of rotatable bonds is 9. The molecule has 2 saturated heterocycles. The Labute approximate surface area is 417 Å². The number of nitrogens with zero attached hydrogens (tertiary/aromatic N) is 6. The lowest BCUT2D eigenvalue weighted by atomic mass is 9.68. The third-order valence-electron chi connectivity index (χ3n) is 15.9. The number of phenols is 4. The lowest BCUT2D eigenvalue weighted by Crippen LogP contribution is -2.55. The van der Waals surface area contributed by atoms with Gasteiger partial charge in [0.2, 0.25) is 10.9 Å². The van der Waals surface area contributed by atoms with Crippen LogP contribution < -0.4 is 32.4 Å². The molecule has 2 aromatic carbocycles. The molecule has 0 bridgehead atoms. The molecule has 0 saturated carbocycles. The van der Waals surface area contributed by atoms with Crippen molar-refractivity contribution in [3.63, 3.8) is 0 Å². The largest absolute Gasteiger partial charge is 0.507 e. The maximum Gasteiger partial charge on any atom is 0.333 e. The molecular weight excluding hydrogens is 965 g/mol. The van der Waals surface area contributed by atoms with Gasteiger partial charge < -0.3 is 70.1 Å². The van der Waals surface area contributed by atoms with Gasteiger partial charge >= 0.3 is 10.7 Å². The summed E-state index contributed by atoms with van der Waals surface area (Å²) >= 11 is 0. The van der Waals surface area contributed by atoms with Crippen LogP contribution in [-0.2, 0) is 23.7 Å². The van der Waals surface area contributed by atoms with Gasteiger partial charge in [-0.3, -0.25) is 28.8 Å². The average molecular weight is 1020 g/mol. The fraction of sp³-hybridized carbons (Fsp3) is 0.462. The van der Waals surface area contributed by atoms with Crippen LogP contribution in [0.2, 0.25) is 0 Å². The number of Topliss-reactive ketones (excluding diaryl/α,β-unsaturated/α-hetero) is 2. The van der Waals surface area contributed by atoms with Crippen molar-refractivity contribution in [3.8, 4) is 23.0 Å². The van der Waals surface area contributed by atoms with Gasteiger partial charge in [0.1, 0.15) is 33.4 Å². The molecule has 8 aliphatic rings. The second-order valence-electron chi connectivity index (χ2n) is 20.3. The maximum atomic E-state index is 15.7. The summed E-state index contributed by atoms with van der Waals surface area (Å²) in [5, 5.41) is 48.5. The van der Waals surface area contributed by atoms with Crippen LogP contribution in [0.5, 0.6) is 23.0 Å². The molecule has 0 radical (unpaired) electrons. The predicted molar refractivity (Wildman–Crippen MR) is 255 cm³/mol. The highest BCUT2D eigenvalue weighted by Crippen LogP contribution is 2.48. The van der Waals surface area contributed by atoms with Crippen molar-refractivity contribution in [3.05, 3.63) is 130 Å². The number of aliphatic hydroxyl groups is 1. The molecule has 10 rings (SSSR count). The minimum atomic E-state index is -1.57. The first-order chi connectivity index (χ1) is 35.2. The fourth-order valence-electron chi connectivity index (χ4n) is 13.0. The number of fused-ring (bicyclic) bond motifs is 6. The maximum absolute atomic E-state index is 15.7. The molecule has 2 heterocycles. The third kappa shape index (κ3) is 7.31. The van der Waals surface area contributed by atoms with Gasteiger partial charge in [0.25, 0.3) is 0 Å². The average Bonchev–Trinajstić information content (AvgIpc) is 3.94. The summed E-state index contributed by atoms with van der Waals surface area (Å²) in [5.74, 6) is -8.24. The summed E-state index contributed by atoms with van der Waals surface area (Å²) in [6, 6.07) is 3.41. The highest BCUT2D eigenvalue weighted by Gasteiger charge is 2.53. The van der Waals surface area contributed by atoms with E-state index in [9.17, 15) is 55.8 Å². The second kappa shape index (κ2) is 18.5. The van der Waals surface area contributed by atoms with E-state index in [0.29, 0.717) is 0 Å². The van der Waals surface area contributed by atoms with E-state index in [2.05, 4.69) is 9.58 Å². The molecule has 0 aromatic heterocycles. The number of hydrogen-bond acceptors (Lipinski definition) is 18. The van der Waals surface area contributed by atoms with Gasteiger partial charge in [-0.05, 0) is 79.1 Å². The molecule has 5 N–H and O–H groups in total. The normalized spacial score (nSPS) is 28.4. The molecule has 2 aromatic rings. The number of aliphatic hydroxyl groups excluding tert-OH is 1. The van der Waals surface area contributed by atoms with Crippen LogP contribution >= 0.6 is 0 Å². The standard InChI is InChI=1S/C52H52N6O16/c1-17-45(57(3)4)19(16-59)12-29(71-17)73-26-13-20(47(64)37-35(26)43(55-53)41-39(37)49(66)31-22(60)8-10-24(62)33(31)51(41)68)21-14-27(74-30-15-28(70-7)46(58(5)6)18(2)72-30)36-38(48(21)65)40-42(44(36)56-54)52(69)34-25(63)11-9-23(61)32(34)50(40)67/h8-11,17-21,26-30,45-46,59-63H,12-16H2,1-7H3/t17-,18-,19+,20?,21-,26-,27-,28-,29+,30+,45?,46-/m0/s1. The monoisotopic (exact) mass is 1020 g/mol. The Balaban J connectivity index is 1.22. The SMILES string of the molecule is CO[C@H]1C[C@@H](O[C@H]2C[C@@H](C3C[C@H](O[C@@H]4C[C@H](CO)C(N(C)C)[C@H](C)O4)c4c(c5c(=O)c6c(O)ccc(O)c6c(=O)c=5c4=[N+]=[N-])C3=O)C(=O)c3c2c(=[N+]=[N-])c2c(=O)c4c(O)ccc(O)c4c(=O)c3=2)O[C@@H](C)[C@@H]1N(C)C. The molecule has 2 aliphatic heterocycles. The number of methoxy groups -OCH3 is 1. The van der Waals surface area contributed by atoms with Gasteiger partial charge in [-0.2, -0.15) is 9.58 Å². The van der Waals surface area contributed by atoms with Crippen molar-refractivity contribution in [2.24, 2.45) is 17.8 Å². The van der Waals surface area contributed by atoms with Crippen LogP contribution in [0.4, 0.5) is 0 Å².